The molecule has 0 aromatic heterocycles. The molecule has 0 radical (unpaired) electrons. The van der Waals surface area contributed by atoms with Crippen molar-refractivity contribution in [2.45, 2.75) is 39.0 Å². The topological polar surface area (TPSA) is 70.5 Å². The summed E-state index contributed by atoms with van der Waals surface area (Å²) in [4.78, 5) is 0. The lowest BCUT2D eigenvalue weighted by atomic mass is 9.88. The maximum absolute atomic E-state index is 13.6. The molecule has 0 unspecified atom stereocenters. The van der Waals surface area contributed by atoms with Crippen LogP contribution in [0.4, 0.5) is 20.2 Å². The molecule has 4 nitrogen and oxygen atoms in total. The lowest BCUT2D eigenvalue weighted by Crippen LogP contribution is -2.16. The molecule has 0 saturated carbocycles. The van der Waals surface area contributed by atoms with E-state index in [1.165, 1.54) is 18.2 Å². The van der Waals surface area contributed by atoms with Crippen molar-refractivity contribution in [2.75, 3.05) is 37.9 Å². The van der Waals surface area contributed by atoms with Gasteiger partial charge in [-0.1, -0.05) is 19.2 Å². The summed E-state index contributed by atoms with van der Waals surface area (Å²) < 4.78 is 37.7. The highest BCUT2D eigenvalue weighted by Crippen LogP contribution is 2.35. The van der Waals surface area contributed by atoms with E-state index in [0.29, 0.717) is 36.1 Å². The van der Waals surface area contributed by atoms with E-state index < -0.39 is 0 Å². The predicted molar refractivity (Wildman–Crippen MR) is 137 cm³/mol. The van der Waals surface area contributed by atoms with Gasteiger partial charge in [0.1, 0.15) is 11.6 Å². The molecule has 6 heteroatoms. The molecule has 0 atom stereocenters. The Kier molecular flexibility index (Phi) is 8.64. The normalized spacial score (nSPS) is 16.3. The van der Waals surface area contributed by atoms with Gasteiger partial charge in [0.25, 0.3) is 0 Å². The fraction of sp³-hybridized carbons (Fsp3) is 0.357. The van der Waals surface area contributed by atoms with E-state index in [-0.39, 0.29) is 11.6 Å². The first-order chi connectivity index (χ1) is 16.2. The number of hydrogen-bond donors (Lipinski definition) is 2. The quantitative estimate of drug-likeness (QED) is 0.497. The minimum absolute atomic E-state index is 0.237. The van der Waals surface area contributed by atoms with Crippen molar-refractivity contribution in [1.82, 2.24) is 0 Å². The number of halogens is 2. The van der Waals surface area contributed by atoms with Crippen LogP contribution in [0.2, 0.25) is 0 Å². The Labute approximate surface area is 200 Å². The SMILES string of the molecule is C=C(C)c1cc(F)cc(C2=CCOCC2)c1N.C=C(C)c1cc(F)cc(C2CCOCC2)c1N. The number of nitrogens with two attached hydrogens (primary N) is 2. The van der Waals surface area contributed by atoms with Gasteiger partial charge in [-0.25, -0.2) is 8.78 Å². The molecule has 4 rings (SSSR count). The van der Waals surface area contributed by atoms with Gasteiger partial charge in [0.15, 0.2) is 0 Å². The summed E-state index contributed by atoms with van der Waals surface area (Å²) in [6.45, 7) is 14.0. The Morgan fingerprint density at radius 1 is 0.853 bits per heavy atom. The first-order valence-electron chi connectivity index (χ1n) is 11.5. The van der Waals surface area contributed by atoms with Crippen LogP contribution in [0.1, 0.15) is 61.3 Å². The number of anilines is 2. The van der Waals surface area contributed by atoms with Crippen molar-refractivity contribution in [3.05, 3.63) is 77.4 Å². The Morgan fingerprint density at radius 2 is 1.44 bits per heavy atom. The molecule has 2 aliphatic heterocycles. The number of benzene rings is 2. The minimum atomic E-state index is -0.278. The highest BCUT2D eigenvalue weighted by molar-refractivity contribution is 5.84. The second-order valence-corrected chi connectivity index (χ2v) is 8.87. The number of nitrogen functional groups attached to an aromatic ring is 2. The molecule has 0 spiro atoms. The van der Waals surface area contributed by atoms with Gasteiger partial charge >= 0.3 is 0 Å². The van der Waals surface area contributed by atoms with Crippen LogP contribution in [-0.4, -0.2) is 26.4 Å². The van der Waals surface area contributed by atoms with Crippen molar-refractivity contribution in [2.24, 2.45) is 0 Å². The van der Waals surface area contributed by atoms with Crippen LogP contribution in [0.25, 0.3) is 16.7 Å². The zero-order valence-electron chi connectivity index (χ0n) is 20.1. The van der Waals surface area contributed by atoms with Gasteiger partial charge in [-0.3, -0.25) is 0 Å². The van der Waals surface area contributed by atoms with Gasteiger partial charge in [0.2, 0.25) is 0 Å². The van der Waals surface area contributed by atoms with E-state index in [4.69, 9.17) is 20.9 Å². The molecular formula is C28H34F2N2O2. The average Bonchev–Trinajstić information content (AvgIpc) is 2.82. The van der Waals surface area contributed by atoms with E-state index in [2.05, 4.69) is 13.2 Å². The second-order valence-electron chi connectivity index (χ2n) is 8.87. The summed E-state index contributed by atoms with van der Waals surface area (Å²) in [7, 11) is 0. The average molecular weight is 469 g/mol. The number of ether oxygens (including phenoxy) is 2. The van der Waals surface area contributed by atoms with Gasteiger partial charge in [-0.2, -0.15) is 0 Å². The zero-order valence-corrected chi connectivity index (χ0v) is 20.1. The maximum atomic E-state index is 13.6. The van der Waals surface area contributed by atoms with Crippen LogP contribution in [0.15, 0.2) is 43.5 Å². The summed E-state index contributed by atoms with van der Waals surface area (Å²) >= 11 is 0. The Bertz CT molecular complexity index is 1100. The zero-order chi connectivity index (χ0) is 24.8. The molecule has 182 valence electrons. The summed E-state index contributed by atoms with van der Waals surface area (Å²) in [5.74, 6) is -0.212. The lowest BCUT2D eigenvalue weighted by Gasteiger charge is -2.24. The third kappa shape index (κ3) is 6.13. The van der Waals surface area contributed by atoms with Crippen molar-refractivity contribution in [3.63, 3.8) is 0 Å². The summed E-state index contributed by atoms with van der Waals surface area (Å²) in [6, 6.07) is 5.93. The first-order valence-corrected chi connectivity index (χ1v) is 11.5. The summed E-state index contributed by atoms with van der Waals surface area (Å²) in [5.41, 5.74) is 19.2. The van der Waals surface area contributed by atoms with Crippen molar-refractivity contribution in [1.29, 1.82) is 0 Å². The number of hydrogen-bond acceptors (Lipinski definition) is 4. The van der Waals surface area contributed by atoms with Crippen molar-refractivity contribution >= 4 is 28.1 Å². The predicted octanol–water partition coefficient (Wildman–Crippen LogP) is 6.58. The summed E-state index contributed by atoms with van der Waals surface area (Å²) in [6.07, 6.45) is 4.53. The molecule has 0 aliphatic carbocycles. The molecule has 2 heterocycles. The van der Waals surface area contributed by atoms with Gasteiger partial charge in [-0.15, -0.1) is 0 Å². The van der Waals surface area contributed by atoms with Crippen LogP contribution < -0.4 is 11.5 Å². The highest BCUT2D eigenvalue weighted by Gasteiger charge is 2.21. The van der Waals surface area contributed by atoms with Crippen LogP contribution in [0.5, 0.6) is 0 Å². The fourth-order valence-electron chi connectivity index (χ4n) is 4.35. The van der Waals surface area contributed by atoms with Crippen LogP contribution >= 0.6 is 0 Å². The maximum Gasteiger partial charge on any atom is 0.124 e. The first kappa shape index (κ1) is 25.7. The third-order valence-electron chi connectivity index (χ3n) is 6.21. The van der Waals surface area contributed by atoms with E-state index in [0.717, 1.165) is 65.9 Å². The van der Waals surface area contributed by atoms with Gasteiger partial charge < -0.3 is 20.9 Å². The smallest absolute Gasteiger partial charge is 0.124 e. The van der Waals surface area contributed by atoms with Crippen LogP contribution in [0, 0.1) is 11.6 Å². The standard InChI is InChI=1S/C14H18FNO.C14H16FNO/c2*1-9(2)12-7-11(15)8-13(14(12)16)10-3-5-17-6-4-10/h7-8,10H,1,3-6,16H2,2H3;3,7-8H,1,4-6,16H2,2H3. The molecule has 34 heavy (non-hydrogen) atoms. The van der Waals surface area contributed by atoms with E-state index in [9.17, 15) is 8.78 Å². The Morgan fingerprint density at radius 3 is 2.00 bits per heavy atom. The Hall–Kier alpha value is -2.96. The molecule has 0 amide bonds. The molecule has 2 aliphatic rings. The molecule has 2 aromatic carbocycles. The second kappa shape index (κ2) is 11.4. The van der Waals surface area contributed by atoms with E-state index in [1.807, 2.05) is 19.9 Å². The monoisotopic (exact) mass is 468 g/mol. The molecular weight excluding hydrogens is 434 g/mol. The van der Waals surface area contributed by atoms with Crippen LogP contribution in [0.3, 0.4) is 0 Å². The van der Waals surface area contributed by atoms with E-state index >= 15 is 0 Å². The van der Waals surface area contributed by atoms with E-state index in [1.54, 1.807) is 6.07 Å². The van der Waals surface area contributed by atoms with Gasteiger partial charge in [0.05, 0.1) is 13.2 Å². The Balaban J connectivity index is 0.000000191. The lowest BCUT2D eigenvalue weighted by molar-refractivity contribution is 0.0854. The van der Waals surface area contributed by atoms with Gasteiger partial charge in [-0.05, 0) is 85.6 Å². The summed E-state index contributed by atoms with van der Waals surface area (Å²) in [5, 5.41) is 0. The van der Waals surface area contributed by atoms with Crippen molar-refractivity contribution < 1.29 is 18.3 Å². The number of rotatable bonds is 4. The van der Waals surface area contributed by atoms with Gasteiger partial charge in [0, 0.05) is 41.3 Å². The fourth-order valence-corrected chi connectivity index (χ4v) is 4.35. The minimum Gasteiger partial charge on any atom is -0.398 e. The highest BCUT2D eigenvalue weighted by atomic mass is 19.1. The van der Waals surface area contributed by atoms with Crippen LogP contribution in [-0.2, 0) is 9.47 Å². The molecule has 1 fully saturated rings. The molecule has 4 N–H and O–H groups in total. The molecule has 1 saturated heterocycles. The largest absolute Gasteiger partial charge is 0.398 e. The number of allylic oxidation sites excluding steroid dienone is 2. The third-order valence-corrected chi connectivity index (χ3v) is 6.21. The molecule has 0 bridgehead atoms. The molecule has 2 aromatic rings. The van der Waals surface area contributed by atoms with Crippen molar-refractivity contribution in [3.8, 4) is 0 Å².